The van der Waals surface area contributed by atoms with Gasteiger partial charge >= 0.3 is 0 Å². The van der Waals surface area contributed by atoms with Crippen LogP contribution in [-0.2, 0) is 4.79 Å². The number of aliphatic hydroxyl groups excluding tert-OH is 1. The van der Waals surface area contributed by atoms with Crippen molar-refractivity contribution in [3.8, 4) is 0 Å². The highest BCUT2D eigenvalue weighted by molar-refractivity contribution is 5.91. The number of aliphatic hydroxyl groups is 1. The van der Waals surface area contributed by atoms with Gasteiger partial charge in [0.15, 0.2) is 0 Å². The molecular weight excluding hydrogens is 238 g/mol. The van der Waals surface area contributed by atoms with E-state index in [0.717, 1.165) is 31.2 Å². The number of benzene rings is 1. The van der Waals surface area contributed by atoms with Crippen LogP contribution in [0.1, 0.15) is 36.8 Å². The van der Waals surface area contributed by atoms with Crippen molar-refractivity contribution in [2.45, 2.75) is 44.8 Å². The maximum atomic E-state index is 11.8. The fraction of sp³-hybridized carbons (Fsp3) is 0.438. The second-order valence-electron chi connectivity index (χ2n) is 5.21. The van der Waals surface area contributed by atoms with Crippen LogP contribution in [0.2, 0.25) is 0 Å². The number of hydrogen-bond donors (Lipinski definition) is 2. The molecule has 102 valence electrons. The van der Waals surface area contributed by atoms with Gasteiger partial charge in [0.2, 0.25) is 5.91 Å². The molecule has 0 saturated heterocycles. The Morgan fingerprint density at radius 3 is 2.63 bits per heavy atom. The lowest BCUT2D eigenvalue weighted by molar-refractivity contribution is -0.118. The monoisotopic (exact) mass is 259 g/mol. The highest BCUT2D eigenvalue weighted by Gasteiger charge is 2.23. The van der Waals surface area contributed by atoms with Crippen LogP contribution in [0, 0.1) is 6.92 Å². The Hall–Kier alpha value is -1.61. The van der Waals surface area contributed by atoms with Gasteiger partial charge in [0.25, 0.3) is 0 Å². The molecule has 2 atom stereocenters. The number of carbonyl (C=O) groups excluding carboxylic acids is 1. The fourth-order valence-corrected chi connectivity index (χ4v) is 2.36. The Morgan fingerprint density at radius 1 is 1.26 bits per heavy atom. The summed E-state index contributed by atoms with van der Waals surface area (Å²) in [6, 6.07) is 7.90. The van der Waals surface area contributed by atoms with E-state index in [2.05, 4.69) is 5.32 Å². The first kappa shape index (κ1) is 13.8. The van der Waals surface area contributed by atoms with Crippen LogP contribution < -0.4 is 5.32 Å². The molecule has 0 spiro atoms. The summed E-state index contributed by atoms with van der Waals surface area (Å²) < 4.78 is 0. The zero-order valence-electron chi connectivity index (χ0n) is 11.3. The lowest BCUT2D eigenvalue weighted by Crippen LogP contribution is -2.44. The predicted octanol–water partition coefficient (Wildman–Crippen LogP) is 2.43. The van der Waals surface area contributed by atoms with Gasteiger partial charge in [-0.05, 0) is 31.4 Å². The van der Waals surface area contributed by atoms with Gasteiger partial charge in [-0.1, -0.05) is 42.7 Å². The van der Waals surface area contributed by atoms with Crippen LogP contribution in [0.3, 0.4) is 0 Å². The molecule has 2 rings (SSSR count). The standard InChI is InChI=1S/C16H21NO2/c1-12-6-8-13(9-7-12)10-11-16(19)17-14-4-2-3-5-15(14)18/h6-11,14-15,18H,2-5H2,1H3,(H,17,19)/b11-10+/t14-,15-/m1/s1. The van der Waals surface area contributed by atoms with E-state index in [1.54, 1.807) is 6.08 Å². The SMILES string of the molecule is Cc1ccc(/C=C/C(=O)N[C@@H]2CCCC[C@H]2O)cc1. The summed E-state index contributed by atoms with van der Waals surface area (Å²) >= 11 is 0. The first-order chi connectivity index (χ1) is 9.15. The van der Waals surface area contributed by atoms with Gasteiger partial charge in [-0.3, -0.25) is 4.79 Å². The zero-order valence-corrected chi connectivity index (χ0v) is 11.3. The highest BCUT2D eigenvalue weighted by Crippen LogP contribution is 2.18. The number of carbonyl (C=O) groups is 1. The second-order valence-corrected chi connectivity index (χ2v) is 5.21. The molecule has 1 saturated carbocycles. The first-order valence-corrected chi connectivity index (χ1v) is 6.88. The van der Waals surface area contributed by atoms with Crippen molar-refractivity contribution in [3.63, 3.8) is 0 Å². The minimum atomic E-state index is -0.398. The first-order valence-electron chi connectivity index (χ1n) is 6.88. The van der Waals surface area contributed by atoms with Crippen LogP contribution in [0.4, 0.5) is 0 Å². The lowest BCUT2D eigenvalue weighted by Gasteiger charge is -2.27. The molecule has 0 radical (unpaired) electrons. The van der Waals surface area contributed by atoms with Crippen molar-refractivity contribution in [2.24, 2.45) is 0 Å². The molecule has 2 N–H and O–H groups in total. The molecule has 0 bridgehead atoms. The molecular formula is C16H21NO2. The summed E-state index contributed by atoms with van der Waals surface area (Å²) in [5.41, 5.74) is 2.21. The quantitative estimate of drug-likeness (QED) is 0.819. The minimum absolute atomic E-state index is 0.0936. The smallest absolute Gasteiger partial charge is 0.244 e. The second kappa shape index (κ2) is 6.53. The van der Waals surface area contributed by atoms with Crippen molar-refractivity contribution < 1.29 is 9.90 Å². The molecule has 0 unspecified atom stereocenters. The summed E-state index contributed by atoms with van der Waals surface area (Å²) in [6.07, 6.45) is 6.70. The molecule has 1 aromatic carbocycles. The topological polar surface area (TPSA) is 49.3 Å². The third-order valence-corrected chi connectivity index (χ3v) is 3.56. The van der Waals surface area contributed by atoms with E-state index in [1.807, 2.05) is 31.2 Å². The van der Waals surface area contributed by atoms with Crippen molar-refractivity contribution >= 4 is 12.0 Å². The molecule has 3 nitrogen and oxygen atoms in total. The molecule has 1 aliphatic carbocycles. The van der Waals surface area contributed by atoms with E-state index in [0.29, 0.717) is 0 Å². The molecule has 19 heavy (non-hydrogen) atoms. The Labute approximate surface area is 114 Å². The van der Waals surface area contributed by atoms with Crippen LogP contribution in [0.25, 0.3) is 6.08 Å². The number of nitrogens with one attached hydrogen (secondary N) is 1. The van der Waals surface area contributed by atoms with Crippen molar-refractivity contribution in [2.75, 3.05) is 0 Å². The molecule has 3 heteroatoms. The van der Waals surface area contributed by atoms with Crippen molar-refractivity contribution in [1.29, 1.82) is 0 Å². The average molecular weight is 259 g/mol. The lowest BCUT2D eigenvalue weighted by atomic mass is 9.92. The summed E-state index contributed by atoms with van der Waals surface area (Å²) in [4.78, 5) is 11.8. The fourth-order valence-electron chi connectivity index (χ4n) is 2.36. The zero-order chi connectivity index (χ0) is 13.7. The van der Waals surface area contributed by atoms with Gasteiger partial charge in [0, 0.05) is 6.08 Å². The van der Waals surface area contributed by atoms with Gasteiger partial charge in [-0.25, -0.2) is 0 Å². The van der Waals surface area contributed by atoms with Gasteiger partial charge in [0.1, 0.15) is 0 Å². The van der Waals surface area contributed by atoms with Crippen LogP contribution >= 0.6 is 0 Å². The van der Waals surface area contributed by atoms with Crippen LogP contribution in [-0.4, -0.2) is 23.2 Å². The Balaban J connectivity index is 1.88. The number of rotatable bonds is 3. The average Bonchev–Trinajstić information content (AvgIpc) is 2.41. The maximum absolute atomic E-state index is 11.8. The minimum Gasteiger partial charge on any atom is -0.391 e. The Kier molecular flexibility index (Phi) is 4.74. The number of hydrogen-bond acceptors (Lipinski definition) is 2. The molecule has 0 heterocycles. The van der Waals surface area contributed by atoms with Gasteiger partial charge < -0.3 is 10.4 Å². The van der Waals surface area contributed by atoms with Crippen molar-refractivity contribution in [1.82, 2.24) is 5.32 Å². The molecule has 1 aromatic rings. The van der Waals surface area contributed by atoms with E-state index in [-0.39, 0.29) is 11.9 Å². The third kappa shape index (κ3) is 4.21. The summed E-state index contributed by atoms with van der Waals surface area (Å²) in [5, 5.41) is 12.7. The number of amides is 1. The summed E-state index contributed by atoms with van der Waals surface area (Å²) in [7, 11) is 0. The van der Waals surface area contributed by atoms with Gasteiger partial charge in [-0.2, -0.15) is 0 Å². The van der Waals surface area contributed by atoms with E-state index < -0.39 is 6.10 Å². The summed E-state index contributed by atoms with van der Waals surface area (Å²) in [6.45, 7) is 2.03. The van der Waals surface area contributed by atoms with E-state index in [1.165, 1.54) is 11.6 Å². The van der Waals surface area contributed by atoms with E-state index in [9.17, 15) is 9.90 Å². The van der Waals surface area contributed by atoms with Gasteiger partial charge in [0.05, 0.1) is 12.1 Å². The molecule has 0 aliphatic heterocycles. The predicted molar refractivity (Wildman–Crippen MR) is 76.6 cm³/mol. The number of aryl methyl sites for hydroxylation is 1. The van der Waals surface area contributed by atoms with Gasteiger partial charge in [-0.15, -0.1) is 0 Å². The molecule has 0 aromatic heterocycles. The van der Waals surface area contributed by atoms with E-state index in [4.69, 9.17) is 0 Å². The molecule has 1 amide bonds. The van der Waals surface area contributed by atoms with Crippen LogP contribution in [0.15, 0.2) is 30.3 Å². The summed E-state index contributed by atoms with van der Waals surface area (Å²) in [5.74, 6) is -0.133. The Bertz CT molecular complexity index is 450. The van der Waals surface area contributed by atoms with Crippen LogP contribution in [0.5, 0.6) is 0 Å². The van der Waals surface area contributed by atoms with Crippen molar-refractivity contribution in [3.05, 3.63) is 41.5 Å². The Morgan fingerprint density at radius 2 is 1.95 bits per heavy atom. The highest BCUT2D eigenvalue weighted by atomic mass is 16.3. The molecule has 1 fully saturated rings. The maximum Gasteiger partial charge on any atom is 0.244 e. The third-order valence-electron chi connectivity index (χ3n) is 3.56. The largest absolute Gasteiger partial charge is 0.391 e. The normalized spacial score (nSPS) is 23.5. The van der Waals surface area contributed by atoms with E-state index >= 15 is 0 Å². The molecule has 1 aliphatic rings.